The lowest BCUT2D eigenvalue weighted by molar-refractivity contribution is -0.141. The van der Waals surface area contributed by atoms with E-state index in [4.69, 9.17) is 9.84 Å². The van der Waals surface area contributed by atoms with Crippen LogP contribution in [0.2, 0.25) is 0 Å². The first-order chi connectivity index (χ1) is 5.57. The van der Waals surface area contributed by atoms with Crippen LogP contribution in [0.3, 0.4) is 0 Å². The van der Waals surface area contributed by atoms with E-state index in [2.05, 4.69) is 6.92 Å². The van der Waals surface area contributed by atoms with E-state index in [1.54, 1.807) is 14.0 Å². The summed E-state index contributed by atoms with van der Waals surface area (Å²) in [5.41, 5.74) is 0. The van der Waals surface area contributed by atoms with Crippen molar-refractivity contribution in [1.82, 2.24) is 0 Å². The maximum absolute atomic E-state index is 10.5. The van der Waals surface area contributed by atoms with Crippen LogP contribution in [-0.2, 0) is 9.53 Å². The Balaban J connectivity index is 3.53. The van der Waals surface area contributed by atoms with Crippen molar-refractivity contribution in [2.45, 2.75) is 26.7 Å². The van der Waals surface area contributed by atoms with E-state index in [1.165, 1.54) is 0 Å². The quantitative estimate of drug-likeness (QED) is 0.667. The molecule has 0 aliphatic rings. The zero-order chi connectivity index (χ0) is 9.56. The fraction of sp³-hybridized carbons (Fsp3) is 0.889. The minimum Gasteiger partial charge on any atom is -0.481 e. The minimum atomic E-state index is -0.709. The molecule has 0 aliphatic heterocycles. The molecule has 12 heavy (non-hydrogen) atoms. The van der Waals surface area contributed by atoms with E-state index in [0.717, 1.165) is 12.8 Å². The smallest absolute Gasteiger partial charge is 0.306 e. The second-order valence-electron chi connectivity index (χ2n) is 3.36. The molecule has 0 heterocycles. The Kier molecular flexibility index (Phi) is 5.72. The van der Waals surface area contributed by atoms with Crippen LogP contribution in [-0.4, -0.2) is 24.8 Å². The molecule has 0 fully saturated rings. The fourth-order valence-electron chi connectivity index (χ4n) is 1.14. The molecule has 72 valence electrons. The zero-order valence-corrected chi connectivity index (χ0v) is 8.04. The van der Waals surface area contributed by atoms with Crippen molar-refractivity contribution < 1.29 is 14.6 Å². The van der Waals surface area contributed by atoms with Crippen LogP contribution in [0.4, 0.5) is 0 Å². The van der Waals surface area contributed by atoms with Gasteiger partial charge in [-0.1, -0.05) is 13.8 Å². The summed E-state index contributed by atoms with van der Waals surface area (Å²) < 4.78 is 4.91. The van der Waals surface area contributed by atoms with Gasteiger partial charge in [0, 0.05) is 13.7 Å². The molecule has 0 spiro atoms. The third kappa shape index (κ3) is 5.13. The summed E-state index contributed by atoms with van der Waals surface area (Å²) in [5.74, 6) is -0.521. The van der Waals surface area contributed by atoms with Crippen LogP contribution in [0.15, 0.2) is 0 Å². The monoisotopic (exact) mass is 174 g/mol. The van der Waals surface area contributed by atoms with Crippen molar-refractivity contribution in [1.29, 1.82) is 0 Å². The van der Waals surface area contributed by atoms with Crippen LogP contribution in [0.25, 0.3) is 0 Å². The van der Waals surface area contributed by atoms with Crippen molar-refractivity contribution in [2.24, 2.45) is 11.8 Å². The molecule has 3 nitrogen and oxygen atoms in total. The van der Waals surface area contributed by atoms with E-state index >= 15 is 0 Å². The maximum Gasteiger partial charge on any atom is 0.306 e. The summed E-state index contributed by atoms with van der Waals surface area (Å²) >= 11 is 0. The summed E-state index contributed by atoms with van der Waals surface area (Å²) in [6.45, 7) is 4.51. The molecule has 0 saturated heterocycles. The molecule has 0 aromatic carbocycles. The molecule has 0 aromatic heterocycles. The number of hydrogen-bond acceptors (Lipinski definition) is 2. The van der Waals surface area contributed by atoms with Gasteiger partial charge in [-0.15, -0.1) is 0 Å². The largest absolute Gasteiger partial charge is 0.481 e. The van der Waals surface area contributed by atoms with Crippen molar-refractivity contribution in [3.05, 3.63) is 0 Å². The first-order valence-electron chi connectivity index (χ1n) is 4.29. The third-order valence-corrected chi connectivity index (χ3v) is 1.99. The van der Waals surface area contributed by atoms with Gasteiger partial charge in [-0.05, 0) is 18.8 Å². The number of carbonyl (C=O) groups is 1. The van der Waals surface area contributed by atoms with Crippen molar-refractivity contribution in [3.63, 3.8) is 0 Å². The highest BCUT2D eigenvalue weighted by Gasteiger charge is 2.14. The normalized spacial score (nSPS) is 15.6. The number of rotatable bonds is 6. The SMILES string of the molecule is COCCC(C)CC(C)C(=O)O. The van der Waals surface area contributed by atoms with Crippen LogP contribution >= 0.6 is 0 Å². The Hall–Kier alpha value is -0.570. The van der Waals surface area contributed by atoms with Gasteiger partial charge in [-0.3, -0.25) is 4.79 Å². The predicted octanol–water partition coefficient (Wildman–Crippen LogP) is 1.77. The molecule has 0 rings (SSSR count). The molecule has 0 aromatic rings. The van der Waals surface area contributed by atoms with Gasteiger partial charge in [-0.2, -0.15) is 0 Å². The van der Waals surface area contributed by atoms with Crippen LogP contribution in [0.5, 0.6) is 0 Å². The Morgan fingerprint density at radius 3 is 2.50 bits per heavy atom. The van der Waals surface area contributed by atoms with Gasteiger partial charge in [0.15, 0.2) is 0 Å². The maximum atomic E-state index is 10.5. The average molecular weight is 174 g/mol. The predicted molar refractivity (Wildman–Crippen MR) is 47.1 cm³/mol. The molecule has 2 unspecified atom stereocenters. The van der Waals surface area contributed by atoms with E-state index < -0.39 is 5.97 Å². The second kappa shape index (κ2) is 6.00. The van der Waals surface area contributed by atoms with Crippen molar-refractivity contribution in [3.8, 4) is 0 Å². The molecule has 0 saturated carbocycles. The third-order valence-electron chi connectivity index (χ3n) is 1.99. The summed E-state index contributed by atoms with van der Waals surface area (Å²) in [6.07, 6.45) is 1.67. The minimum absolute atomic E-state index is 0.239. The van der Waals surface area contributed by atoms with Crippen molar-refractivity contribution in [2.75, 3.05) is 13.7 Å². The lowest BCUT2D eigenvalue weighted by Gasteiger charge is -2.13. The van der Waals surface area contributed by atoms with Crippen molar-refractivity contribution >= 4 is 5.97 Å². The molecule has 1 N–H and O–H groups in total. The molecule has 3 heteroatoms. The highest BCUT2D eigenvalue weighted by Crippen LogP contribution is 2.14. The first-order valence-corrected chi connectivity index (χ1v) is 4.29. The van der Waals surface area contributed by atoms with Gasteiger partial charge in [-0.25, -0.2) is 0 Å². The molecule has 0 amide bonds. The Bertz CT molecular complexity index is 134. The Morgan fingerprint density at radius 1 is 1.50 bits per heavy atom. The summed E-state index contributed by atoms with van der Waals surface area (Å²) in [5, 5.41) is 8.63. The van der Waals surface area contributed by atoms with Crippen LogP contribution in [0, 0.1) is 11.8 Å². The first kappa shape index (κ1) is 11.4. The van der Waals surface area contributed by atoms with Gasteiger partial charge in [0.1, 0.15) is 0 Å². The molecule has 0 bridgehead atoms. The molecular formula is C9H18O3. The molecule has 2 atom stereocenters. The second-order valence-corrected chi connectivity index (χ2v) is 3.36. The Morgan fingerprint density at radius 2 is 2.08 bits per heavy atom. The zero-order valence-electron chi connectivity index (χ0n) is 8.04. The lowest BCUT2D eigenvalue weighted by atomic mass is 9.95. The van der Waals surface area contributed by atoms with E-state index in [9.17, 15) is 4.79 Å². The number of aliphatic carboxylic acids is 1. The van der Waals surface area contributed by atoms with E-state index in [1.807, 2.05) is 0 Å². The number of hydrogen-bond donors (Lipinski definition) is 1. The Labute approximate surface area is 73.7 Å². The van der Waals surface area contributed by atoms with Gasteiger partial charge >= 0.3 is 5.97 Å². The van der Waals surface area contributed by atoms with Gasteiger partial charge in [0.05, 0.1) is 5.92 Å². The van der Waals surface area contributed by atoms with Gasteiger partial charge < -0.3 is 9.84 Å². The standard InChI is InChI=1S/C9H18O3/c1-7(4-5-12-3)6-8(2)9(10)11/h7-8H,4-6H2,1-3H3,(H,10,11). The topological polar surface area (TPSA) is 46.5 Å². The number of methoxy groups -OCH3 is 1. The number of carboxylic acids is 1. The highest BCUT2D eigenvalue weighted by molar-refractivity contribution is 5.69. The fourth-order valence-corrected chi connectivity index (χ4v) is 1.14. The van der Waals surface area contributed by atoms with Crippen LogP contribution < -0.4 is 0 Å². The van der Waals surface area contributed by atoms with E-state index in [-0.39, 0.29) is 5.92 Å². The number of ether oxygens (including phenoxy) is 1. The average Bonchev–Trinajstić information content (AvgIpc) is 2.00. The van der Waals surface area contributed by atoms with Gasteiger partial charge in [0.2, 0.25) is 0 Å². The van der Waals surface area contributed by atoms with Crippen LogP contribution in [0.1, 0.15) is 26.7 Å². The number of carboxylic acid groups (broad SMARTS) is 1. The highest BCUT2D eigenvalue weighted by atomic mass is 16.5. The summed E-state index contributed by atoms with van der Waals surface area (Å²) in [6, 6.07) is 0. The lowest BCUT2D eigenvalue weighted by Crippen LogP contribution is -2.14. The van der Waals surface area contributed by atoms with E-state index in [0.29, 0.717) is 12.5 Å². The summed E-state index contributed by atoms with van der Waals surface area (Å²) in [7, 11) is 1.66. The molecule has 0 radical (unpaired) electrons. The van der Waals surface area contributed by atoms with Gasteiger partial charge in [0.25, 0.3) is 0 Å². The molecule has 0 aliphatic carbocycles. The summed E-state index contributed by atoms with van der Waals surface area (Å²) in [4.78, 5) is 10.5. The molecular weight excluding hydrogens is 156 g/mol.